The number of aromatic nitrogens is 3. The van der Waals surface area contributed by atoms with E-state index in [1.54, 1.807) is 36.0 Å². The minimum atomic E-state index is -0.329. The molecule has 0 spiro atoms. The quantitative estimate of drug-likeness (QED) is 0.854. The maximum atomic E-state index is 13.4. The number of hydrogen-bond acceptors (Lipinski definition) is 4. The van der Waals surface area contributed by atoms with Gasteiger partial charge in [0.05, 0.1) is 5.25 Å². The second-order valence-electron chi connectivity index (χ2n) is 4.29. The molecule has 1 amide bonds. The SMILES string of the molecule is CC(Sc1nncn1C)C(=O)NCc1ccccc1F. The third-order valence-corrected chi connectivity index (χ3v) is 3.88. The predicted molar refractivity (Wildman–Crippen MR) is 74.6 cm³/mol. The highest BCUT2D eigenvalue weighted by atomic mass is 32.2. The van der Waals surface area contributed by atoms with Crippen LogP contribution < -0.4 is 5.32 Å². The fraction of sp³-hybridized carbons (Fsp3) is 0.308. The molecule has 1 N–H and O–H groups in total. The summed E-state index contributed by atoms with van der Waals surface area (Å²) >= 11 is 1.31. The van der Waals surface area contributed by atoms with E-state index < -0.39 is 0 Å². The van der Waals surface area contributed by atoms with Crippen molar-refractivity contribution in [2.75, 3.05) is 0 Å². The largest absolute Gasteiger partial charge is 0.351 e. The number of halogens is 1. The summed E-state index contributed by atoms with van der Waals surface area (Å²) in [4.78, 5) is 12.0. The van der Waals surface area contributed by atoms with Crippen LogP contribution in [0, 0.1) is 5.82 Å². The Labute approximate surface area is 120 Å². The van der Waals surface area contributed by atoms with Crippen LogP contribution in [0.3, 0.4) is 0 Å². The van der Waals surface area contributed by atoms with Crippen molar-refractivity contribution >= 4 is 17.7 Å². The van der Waals surface area contributed by atoms with Crippen molar-refractivity contribution in [3.05, 3.63) is 42.0 Å². The topological polar surface area (TPSA) is 59.8 Å². The van der Waals surface area contributed by atoms with Crippen molar-refractivity contribution in [1.29, 1.82) is 0 Å². The molecule has 1 atom stereocenters. The molecule has 20 heavy (non-hydrogen) atoms. The van der Waals surface area contributed by atoms with E-state index in [4.69, 9.17) is 0 Å². The summed E-state index contributed by atoms with van der Waals surface area (Å²) in [6.07, 6.45) is 1.58. The van der Waals surface area contributed by atoms with Gasteiger partial charge in [-0.3, -0.25) is 4.79 Å². The van der Waals surface area contributed by atoms with Crippen molar-refractivity contribution in [3.8, 4) is 0 Å². The van der Waals surface area contributed by atoms with Crippen molar-refractivity contribution in [1.82, 2.24) is 20.1 Å². The Morgan fingerprint density at radius 3 is 2.90 bits per heavy atom. The van der Waals surface area contributed by atoms with Crippen LogP contribution in [0.25, 0.3) is 0 Å². The van der Waals surface area contributed by atoms with E-state index in [1.165, 1.54) is 17.8 Å². The van der Waals surface area contributed by atoms with Gasteiger partial charge in [-0.2, -0.15) is 0 Å². The molecule has 0 fully saturated rings. The first kappa shape index (κ1) is 14.5. The zero-order chi connectivity index (χ0) is 14.5. The first-order valence-corrected chi connectivity index (χ1v) is 6.97. The van der Waals surface area contributed by atoms with Gasteiger partial charge in [0.15, 0.2) is 5.16 Å². The lowest BCUT2D eigenvalue weighted by molar-refractivity contribution is -0.120. The number of nitrogens with zero attached hydrogens (tertiary/aromatic N) is 3. The highest BCUT2D eigenvalue weighted by Crippen LogP contribution is 2.20. The van der Waals surface area contributed by atoms with E-state index in [2.05, 4.69) is 15.5 Å². The Balaban J connectivity index is 1.89. The highest BCUT2D eigenvalue weighted by molar-refractivity contribution is 8.00. The van der Waals surface area contributed by atoms with E-state index in [9.17, 15) is 9.18 Å². The van der Waals surface area contributed by atoms with Gasteiger partial charge in [-0.15, -0.1) is 10.2 Å². The molecule has 1 aromatic carbocycles. The lowest BCUT2D eigenvalue weighted by Crippen LogP contribution is -2.30. The number of rotatable bonds is 5. The molecule has 1 aromatic heterocycles. The maximum Gasteiger partial charge on any atom is 0.233 e. The Morgan fingerprint density at radius 2 is 2.25 bits per heavy atom. The van der Waals surface area contributed by atoms with E-state index in [0.717, 1.165) is 0 Å². The first-order chi connectivity index (χ1) is 9.58. The van der Waals surface area contributed by atoms with Crippen LogP contribution in [0.2, 0.25) is 0 Å². The summed E-state index contributed by atoms with van der Waals surface area (Å²) in [5, 5.41) is 10.7. The van der Waals surface area contributed by atoms with Gasteiger partial charge in [0.2, 0.25) is 5.91 Å². The van der Waals surface area contributed by atoms with Crippen molar-refractivity contribution in [3.63, 3.8) is 0 Å². The number of carbonyl (C=O) groups is 1. The van der Waals surface area contributed by atoms with Crippen molar-refractivity contribution in [2.45, 2.75) is 23.9 Å². The zero-order valence-electron chi connectivity index (χ0n) is 11.2. The number of benzene rings is 1. The molecule has 0 bridgehead atoms. The van der Waals surface area contributed by atoms with E-state index in [1.807, 2.05) is 7.05 Å². The summed E-state index contributed by atoms with van der Waals surface area (Å²) in [6, 6.07) is 6.38. The third-order valence-electron chi connectivity index (χ3n) is 2.73. The van der Waals surface area contributed by atoms with E-state index >= 15 is 0 Å². The molecular weight excluding hydrogens is 279 g/mol. The van der Waals surface area contributed by atoms with Crippen LogP contribution in [-0.2, 0) is 18.4 Å². The Morgan fingerprint density at radius 1 is 1.50 bits per heavy atom. The van der Waals surface area contributed by atoms with Crippen molar-refractivity contribution in [2.24, 2.45) is 7.05 Å². The Bertz CT molecular complexity index is 602. The molecule has 0 aliphatic carbocycles. The molecule has 0 radical (unpaired) electrons. The number of amides is 1. The first-order valence-electron chi connectivity index (χ1n) is 6.09. The van der Waals surface area contributed by atoms with Gasteiger partial charge in [-0.05, 0) is 13.0 Å². The van der Waals surface area contributed by atoms with Gasteiger partial charge in [-0.1, -0.05) is 30.0 Å². The number of aryl methyl sites for hydroxylation is 1. The molecule has 7 heteroatoms. The lowest BCUT2D eigenvalue weighted by Gasteiger charge is -2.11. The molecule has 1 unspecified atom stereocenters. The minimum absolute atomic E-state index is 0.166. The van der Waals surface area contributed by atoms with Crippen molar-refractivity contribution < 1.29 is 9.18 Å². The monoisotopic (exact) mass is 294 g/mol. The van der Waals surface area contributed by atoms with Gasteiger partial charge in [0.25, 0.3) is 0 Å². The average molecular weight is 294 g/mol. The number of hydrogen-bond donors (Lipinski definition) is 1. The number of nitrogens with one attached hydrogen (secondary N) is 1. The van der Waals surface area contributed by atoms with Crippen LogP contribution in [0.1, 0.15) is 12.5 Å². The van der Waals surface area contributed by atoms with E-state index in [0.29, 0.717) is 10.7 Å². The number of thioether (sulfide) groups is 1. The summed E-state index contributed by atoms with van der Waals surface area (Å²) < 4.78 is 15.2. The fourth-order valence-corrected chi connectivity index (χ4v) is 2.37. The standard InChI is InChI=1S/C13H15FN4OS/c1-9(20-13-17-16-8-18(13)2)12(19)15-7-10-5-3-4-6-11(10)14/h3-6,8-9H,7H2,1-2H3,(H,15,19). The summed E-state index contributed by atoms with van der Waals surface area (Å²) in [5.41, 5.74) is 0.469. The smallest absolute Gasteiger partial charge is 0.233 e. The molecule has 2 rings (SSSR count). The molecule has 0 saturated carbocycles. The zero-order valence-corrected chi connectivity index (χ0v) is 12.0. The molecule has 2 aromatic rings. The third kappa shape index (κ3) is 3.57. The normalized spacial score (nSPS) is 12.2. The molecule has 0 saturated heterocycles. The molecule has 0 aliphatic heterocycles. The van der Waals surface area contributed by atoms with Crippen LogP contribution in [0.4, 0.5) is 4.39 Å². The second kappa shape index (κ2) is 6.51. The molecule has 106 valence electrons. The van der Waals surface area contributed by atoms with Gasteiger partial charge in [0, 0.05) is 19.2 Å². The van der Waals surface area contributed by atoms with Gasteiger partial charge < -0.3 is 9.88 Å². The highest BCUT2D eigenvalue weighted by Gasteiger charge is 2.17. The molecule has 0 aliphatic rings. The Hall–Kier alpha value is -1.89. The summed E-state index contributed by atoms with van der Waals surface area (Å²) in [6.45, 7) is 1.95. The average Bonchev–Trinajstić information content (AvgIpc) is 2.83. The molecule has 5 nitrogen and oxygen atoms in total. The maximum absolute atomic E-state index is 13.4. The van der Waals surface area contributed by atoms with Gasteiger partial charge in [-0.25, -0.2) is 4.39 Å². The fourth-order valence-electron chi connectivity index (χ4n) is 1.56. The molecular formula is C13H15FN4OS. The number of carbonyl (C=O) groups excluding carboxylic acids is 1. The van der Waals surface area contributed by atoms with Crippen LogP contribution in [0.15, 0.2) is 35.7 Å². The second-order valence-corrected chi connectivity index (χ2v) is 5.60. The van der Waals surface area contributed by atoms with E-state index in [-0.39, 0.29) is 23.5 Å². The molecule has 1 heterocycles. The lowest BCUT2D eigenvalue weighted by atomic mass is 10.2. The van der Waals surface area contributed by atoms with Crippen LogP contribution >= 0.6 is 11.8 Å². The summed E-state index contributed by atoms with van der Waals surface area (Å²) in [5.74, 6) is -0.484. The van der Waals surface area contributed by atoms with Gasteiger partial charge >= 0.3 is 0 Å². The van der Waals surface area contributed by atoms with Crippen LogP contribution in [-0.4, -0.2) is 25.9 Å². The summed E-state index contributed by atoms with van der Waals surface area (Å²) in [7, 11) is 1.81. The van der Waals surface area contributed by atoms with Crippen LogP contribution in [0.5, 0.6) is 0 Å². The van der Waals surface area contributed by atoms with Gasteiger partial charge in [0.1, 0.15) is 12.1 Å². The minimum Gasteiger partial charge on any atom is -0.351 e. The Kier molecular flexibility index (Phi) is 4.73. The predicted octanol–water partition coefficient (Wildman–Crippen LogP) is 1.75.